The molecule has 0 spiro atoms. The quantitative estimate of drug-likeness (QED) is 0.587. The molecule has 0 saturated heterocycles. The van der Waals surface area contributed by atoms with E-state index in [1.165, 1.54) is 12.1 Å². The maximum absolute atomic E-state index is 13.2. The average molecular weight is 360 g/mol. The highest BCUT2D eigenvalue weighted by Gasteiger charge is 2.16. The Bertz CT molecular complexity index is 733. The largest absolute Gasteiger partial charge is 0.439 e. The lowest BCUT2D eigenvalue weighted by molar-refractivity contribution is 0.0268. The van der Waals surface area contributed by atoms with Gasteiger partial charge in [-0.2, -0.15) is 0 Å². The molecule has 6 nitrogen and oxygen atoms in total. The van der Waals surface area contributed by atoms with E-state index in [2.05, 4.69) is 20.6 Å². The molecule has 2 rings (SSSR count). The van der Waals surface area contributed by atoms with Gasteiger partial charge in [0, 0.05) is 45.6 Å². The van der Waals surface area contributed by atoms with Crippen LogP contribution in [-0.2, 0) is 11.3 Å². The van der Waals surface area contributed by atoms with Gasteiger partial charge in [-0.1, -0.05) is 12.1 Å². The van der Waals surface area contributed by atoms with Gasteiger partial charge in [0.25, 0.3) is 0 Å². The van der Waals surface area contributed by atoms with Gasteiger partial charge in [0.05, 0.1) is 5.60 Å². The summed E-state index contributed by atoms with van der Waals surface area (Å²) in [5.41, 5.74) is 0.681. The lowest BCUT2D eigenvalue weighted by Crippen LogP contribution is -2.45. The van der Waals surface area contributed by atoms with Crippen LogP contribution in [0.25, 0.3) is 0 Å². The summed E-state index contributed by atoms with van der Waals surface area (Å²) in [6.07, 6.45) is 1.70. The number of hydrogen-bond donors (Lipinski definition) is 2. The lowest BCUT2D eigenvalue weighted by atomic mass is 10.1. The zero-order chi connectivity index (χ0) is 19.0. The molecule has 1 aromatic carbocycles. The number of benzene rings is 1. The molecule has 0 radical (unpaired) electrons. The first-order valence-corrected chi connectivity index (χ1v) is 8.30. The van der Waals surface area contributed by atoms with Gasteiger partial charge in [0.15, 0.2) is 5.96 Å². The summed E-state index contributed by atoms with van der Waals surface area (Å²) in [7, 11) is 3.39. The van der Waals surface area contributed by atoms with Crippen LogP contribution in [-0.4, -0.2) is 37.2 Å². The van der Waals surface area contributed by atoms with Gasteiger partial charge in [-0.3, -0.25) is 4.99 Å². The zero-order valence-electron chi connectivity index (χ0n) is 15.5. The second kappa shape index (κ2) is 9.15. The van der Waals surface area contributed by atoms with E-state index in [1.807, 2.05) is 19.9 Å². The predicted octanol–water partition coefficient (Wildman–Crippen LogP) is 3.10. The molecular weight excluding hydrogens is 335 g/mol. The third-order valence-corrected chi connectivity index (χ3v) is 3.73. The van der Waals surface area contributed by atoms with Crippen LogP contribution in [0.2, 0.25) is 0 Å². The normalized spacial score (nSPS) is 12.0. The van der Waals surface area contributed by atoms with Crippen LogP contribution in [0.3, 0.4) is 0 Å². The second-order valence-corrected chi connectivity index (χ2v) is 6.31. The molecule has 0 aliphatic rings. The highest BCUT2D eigenvalue weighted by molar-refractivity contribution is 5.79. The molecule has 7 heteroatoms. The number of guanidine groups is 1. The molecular formula is C19H25FN4O2. The zero-order valence-corrected chi connectivity index (χ0v) is 15.5. The van der Waals surface area contributed by atoms with E-state index in [4.69, 9.17) is 9.47 Å². The summed E-state index contributed by atoms with van der Waals surface area (Å²) < 4.78 is 24.1. The van der Waals surface area contributed by atoms with E-state index in [0.29, 0.717) is 30.7 Å². The second-order valence-electron chi connectivity index (χ2n) is 6.31. The minimum absolute atomic E-state index is 0.283. The Balaban J connectivity index is 1.86. The molecule has 0 aliphatic heterocycles. The number of aliphatic imine (C=N–C) groups is 1. The Hall–Kier alpha value is -2.67. The van der Waals surface area contributed by atoms with Crippen molar-refractivity contribution in [2.75, 3.05) is 20.7 Å². The van der Waals surface area contributed by atoms with Gasteiger partial charge in [0.2, 0.25) is 5.88 Å². The summed E-state index contributed by atoms with van der Waals surface area (Å²) in [5.74, 6) is 1.14. The summed E-state index contributed by atoms with van der Waals surface area (Å²) in [6, 6.07) is 9.58. The maximum Gasteiger partial charge on any atom is 0.219 e. The van der Waals surface area contributed by atoms with Crippen LogP contribution in [0.5, 0.6) is 11.6 Å². The van der Waals surface area contributed by atoms with Crippen LogP contribution in [0.1, 0.15) is 19.4 Å². The first kappa shape index (κ1) is 19.7. The van der Waals surface area contributed by atoms with Crippen molar-refractivity contribution in [3.63, 3.8) is 0 Å². The van der Waals surface area contributed by atoms with Crippen LogP contribution in [0.4, 0.5) is 4.39 Å². The van der Waals surface area contributed by atoms with Gasteiger partial charge < -0.3 is 20.1 Å². The molecule has 1 heterocycles. The summed E-state index contributed by atoms with van der Waals surface area (Å²) in [4.78, 5) is 8.42. The van der Waals surface area contributed by atoms with E-state index < -0.39 is 0 Å². The highest BCUT2D eigenvalue weighted by Crippen LogP contribution is 2.19. The number of hydrogen-bond acceptors (Lipinski definition) is 4. The molecule has 2 aromatic rings. The van der Waals surface area contributed by atoms with Gasteiger partial charge in [-0.05, 0) is 31.5 Å². The molecule has 0 atom stereocenters. The predicted molar refractivity (Wildman–Crippen MR) is 100 cm³/mol. The number of rotatable bonds is 7. The van der Waals surface area contributed by atoms with Crippen molar-refractivity contribution < 1.29 is 13.9 Å². The molecule has 0 bridgehead atoms. The van der Waals surface area contributed by atoms with Crippen molar-refractivity contribution in [3.05, 3.63) is 54.0 Å². The van der Waals surface area contributed by atoms with E-state index in [0.717, 1.165) is 5.56 Å². The SMILES string of the molecule is CN=C(NCc1ccc(Oc2cccc(F)c2)nc1)NCC(C)(C)OC. The molecule has 0 saturated carbocycles. The Morgan fingerprint density at radius 2 is 2.04 bits per heavy atom. The number of pyridine rings is 1. The van der Waals surface area contributed by atoms with Gasteiger partial charge >= 0.3 is 0 Å². The highest BCUT2D eigenvalue weighted by atomic mass is 19.1. The fraction of sp³-hybridized carbons (Fsp3) is 0.368. The van der Waals surface area contributed by atoms with E-state index in [1.54, 1.807) is 38.6 Å². The molecule has 0 aliphatic carbocycles. The topological polar surface area (TPSA) is 67.8 Å². The third kappa shape index (κ3) is 6.33. The Morgan fingerprint density at radius 1 is 1.23 bits per heavy atom. The Morgan fingerprint density at radius 3 is 2.65 bits per heavy atom. The number of methoxy groups -OCH3 is 1. The number of halogens is 1. The first-order valence-electron chi connectivity index (χ1n) is 8.30. The fourth-order valence-corrected chi connectivity index (χ4v) is 2.00. The number of ether oxygens (including phenoxy) is 2. The van der Waals surface area contributed by atoms with Crippen LogP contribution < -0.4 is 15.4 Å². The number of nitrogens with zero attached hydrogens (tertiary/aromatic N) is 2. The molecule has 0 fully saturated rings. The molecule has 0 amide bonds. The summed E-state index contributed by atoms with van der Waals surface area (Å²) >= 11 is 0. The van der Waals surface area contributed by atoms with E-state index >= 15 is 0 Å². The lowest BCUT2D eigenvalue weighted by Gasteiger charge is -2.24. The van der Waals surface area contributed by atoms with Crippen molar-refractivity contribution in [3.8, 4) is 11.6 Å². The minimum Gasteiger partial charge on any atom is -0.439 e. The average Bonchev–Trinajstić information content (AvgIpc) is 2.63. The smallest absolute Gasteiger partial charge is 0.219 e. The summed E-state index contributed by atoms with van der Waals surface area (Å²) in [6.45, 7) is 5.17. The van der Waals surface area contributed by atoms with Crippen molar-refractivity contribution in [1.82, 2.24) is 15.6 Å². The van der Waals surface area contributed by atoms with Gasteiger partial charge in [0.1, 0.15) is 11.6 Å². The number of aromatic nitrogens is 1. The Labute approximate surface area is 153 Å². The van der Waals surface area contributed by atoms with Crippen LogP contribution >= 0.6 is 0 Å². The Kier molecular flexibility index (Phi) is 6.91. The molecule has 2 N–H and O–H groups in total. The van der Waals surface area contributed by atoms with Crippen molar-refractivity contribution >= 4 is 5.96 Å². The first-order chi connectivity index (χ1) is 12.4. The van der Waals surface area contributed by atoms with Crippen molar-refractivity contribution in [2.45, 2.75) is 26.0 Å². The number of nitrogens with one attached hydrogen (secondary N) is 2. The fourth-order valence-electron chi connectivity index (χ4n) is 2.00. The summed E-state index contributed by atoms with van der Waals surface area (Å²) in [5, 5.41) is 6.43. The van der Waals surface area contributed by atoms with E-state index in [-0.39, 0.29) is 11.4 Å². The van der Waals surface area contributed by atoms with Crippen molar-refractivity contribution in [2.24, 2.45) is 4.99 Å². The molecule has 0 unspecified atom stereocenters. The van der Waals surface area contributed by atoms with Crippen molar-refractivity contribution in [1.29, 1.82) is 0 Å². The van der Waals surface area contributed by atoms with E-state index in [9.17, 15) is 4.39 Å². The van der Waals surface area contributed by atoms with Gasteiger partial charge in [-0.25, -0.2) is 9.37 Å². The standard InChI is InChI=1S/C19H25FN4O2/c1-19(2,25-4)13-24-18(21-3)23-12-14-8-9-17(22-11-14)26-16-7-5-6-15(20)10-16/h5-11H,12-13H2,1-4H3,(H2,21,23,24). The minimum atomic E-state index is -0.348. The van der Waals surface area contributed by atoms with Gasteiger partial charge in [-0.15, -0.1) is 0 Å². The van der Waals surface area contributed by atoms with Crippen LogP contribution in [0, 0.1) is 5.82 Å². The molecule has 140 valence electrons. The van der Waals surface area contributed by atoms with Crippen LogP contribution in [0.15, 0.2) is 47.6 Å². The molecule has 1 aromatic heterocycles. The monoisotopic (exact) mass is 360 g/mol. The third-order valence-electron chi connectivity index (χ3n) is 3.73. The maximum atomic E-state index is 13.2. The molecule has 26 heavy (non-hydrogen) atoms.